The van der Waals surface area contributed by atoms with Gasteiger partial charge in [-0.25, -0.2) is 4.98 Å². The molecule has 9 heteroatoms. The van der Waals surface area contributed by atoms with Crippen LogP contribution in [0.4, 0.5) is 10.2 Å². The summed E-state index contributed by atoms with van der Waals surface area (Å²) in [6.45, 7) is 11.9. The van der Waals surface area contributed by atoms with Crippen LogP contribution in [-0.4, -0.2) is 38.9 Å². The number of nitrogens with zero attached hydrogens (tertiary/aromatic N) is 4. The van der Waals surface area contributed by atoms with E-state index in [-0.39, 0.29) is 12.6 Å². The Labute approximate surface area is 182 Å². The second kappa shape index (κ2) is 9.91. The number of hydrogen-bond acceptors (Lipinski definition) is 7. The van der Waals surface area contributed by atoms with E-state index in [9.17, 15) is 4.39 Å². The van der Waals surface area contributed by atoms with Crippen molar-refractivity contribution in [3.05, 3.63) is 35.2 Å². The molecule has 0 saturated carbocycles. The fraction of sp³-hybridized carbons (Fsp3) is 0.500. The van der Waals surface area contributed by atoms with Crippen molar-refractivity contribution in [1.29, 1.82) is 0 Å². The van der Waals surface area contributed by atoms with Crippen molar-refractivity contribution >= 4 is 17.0 Å². The fourth-order valence-corrected chi connectivity index (χ4v) is 3.48. The third-order valence-corrected chi connectivity index (χ3v) is 4.96. The average molecular weight is 431 g/mol. The second-order valence-electron chi connectivity index (χ2n) is 7.50. The van der Waals surface area contributed by atoms with Gasteiger partial charge in [-0.3, -0.25) is 0 Å². The smallest absolute Gasteiger partial charge is 0.312 e. The van der Waals surface area contributed by atoms with Gasteiger partial charge in [-0.05, 0) is 43.1 Å². The van der Waals surface area contributed by atoms with Gasteiger partial charge in [0.1, 0.15) is 5.82 Å². The number of nitrogen functional groups attached to an aromatic ring is 1. The molecule has 0 spiro atoms. The molecule has 3 heterocycles. The van der Waals surface area contributed by atoms with Gasteiger partial charge >= 0.3 is 6.08 Å². The molecule has 4 rings (SSSR count). The summed E-state index contributed by atoms with van der Waals surface area (Å²) in [4.78, 5) is 12.2. The Balaban J connectivity index is 0.00000132. The molecule has 0 unspecified atom stereocenters. The van der Waals surface area contributed by atoms with Crippen molar-refractivity contribution < 1.29 is 13.9 Å². The number of nitrogens with two attached hydrogens (primary N) is 1. The standard InChI is InChI=1S/C20H25FN6O2.C2H6/c1-11(2)23-5-4-6-27-16(24-17-18(22)25-20(21)26-19(17)27)9-13-8-15-14(7-12(13)3)28-10-29-15;1-2/h7-8,11,23H,4-6,9-10H2,1-3H3,(H2,22,25,26);1-2H3. The van der Waals surface area contributed by atoms with Gasteiger partial charge in [0, 0.05) is 19.0 Å². The third-order valence-electron chi connectivity index (χ3n) is 4.96. The Kier molecular flexibility index (Phi) is 7.27. The van der Waals surface area contributed by atoms with E-state index in [0.29, 0.717) is 30.2 Å². The van der Waals surface area contributed by atoms with Gasteiger partial charge in [0.25, 0.3) is 0 Å². The van der Waals surface area contributed by atoms with Gasteiger partial charge in [-0.15, -0.1) is 0 Å². The molecule has 2 aromatic heterocycles. The quantitative estimate of drug-likeness (QED) is 0.436. The zero-order valence-corrected chi connectivity index (χ0v) is 18.8. The minimum Gasteiger partial charge on any atom is -0.454 e. The minimum absolute atomic E-state index is 0.0511. The summed E-state index contributed by atoms with van der Waals surface area (Å²) in [7, 11) is 0. The van der Waals surface area contributed by atoms with Crippen molar-refractivity contribution in [2.24, 2.45) is 0 Å². The second-order valence-corrected chi connectivity index (χ2v) is 7.50. The lowest BCUT2D eigenvalue weighted by Gasteiger charge is -2.12. The van der Waals surface area contributed by atoms with Crippen LogP contribution in [0, 0.1) is 13.0 Å². The Hall–Kier alpha value is -2.94. The summed E-state index contributed by atoms with van der Waals surface area (Å²) < 4.78 is 26.7. The van der Waals surface area contributed by atoms with Crippen molar-refractivity contribution in [2.75, 3.05) is 19.1 Å². The molecule has 0 amide bonds. The Morgan fingerprint density at radius 3 is 2.58 bits per heavy atom. The highest BCUT2D eigenvalue weighted by molar-refractivity contribution is 5.82. The van der Waals surface area contributed by atoms with Gasteiger partial charge in [-0.2, -0.15) is 14.4 Å². The van der Waals surface area contributed by atoms with Crippen LogP contribution in [0.1, 0.15) is 51.1 Å². The zero-order valence-electron chi connectivity index (χ0n) is 18.8. The molecule has 0 fully saturated rings. The van der Waals surface area contributed by atoms with E-state index >= 15 is 0 Å². The molecule has 31 heavy (non-hydrogen) atoms. The average Bonchev–Trinajstić information content (AvgIpc) is 3.31. The van der Waals surface area contributed by atoms with Crippen molar-refractivity contribution in [3.63, 3.8) is 0 Å². The molecule has 8 nitrogen and oxygen atoms in total. The number of rotatable bonds is 7. The molecular formula is C22H31FN6O2. The number of anilines is 1. The SMILES string of the molecule is CC.Cc1cc2c(cc1Cc1nc3c(N)nc(F)nc3n1CCCNC(C)C)OCO2. The molecule has 1 aliphatic rings. The summed E-state index contributed by atoms with van der Waals surface area (Å²) in [5.41, 5.74) is 8.89. The van der Waals surface area contributed by atoms with Crippen LogP contribution in [0.25, 0.3) is 11.2 Å². The van der Waals surface area contributed by atoms with Gasteiger partial charge in [0.15, 0.2) is 28.5 Å². The molecule has 3 aromatic rings. The maximum atomic E-state index is 13.8. The van der Waals surface area contributed by atoms with Gasteiger partial charge in [-0.1, -0.05) is 27.7 Å². The van der Waals surface area contributed by atoms with Crippen molar-refractivity contribution in [1.82, 2.24) is 24.8 Å². The number of halogens is 1. The number of aryl methyl sites for hydroxylation is 2. The highest BCUT2D eigenvalue weighted by atomic mass is 19.1. The topological polar surface area (TPSA) is 100 Å². The Bertz CT molecular complexity index is 1050. The van der Waals surface area contributed by atoms with Crippen molar-refractivity contribution in [2.45, 2.75) is 60.0 Å². The van der Waals surface area contributed by atoms with Crippen LogP contribution in [0.3, 0.4) is 0 Å². The van der Waals surface area contributed by atoms with Crippen molar-refractivity contribution in [3.8, 4) is 11.5 Å². The first kappa shape index (κ1) is 22.7. The van der Waals surface area contributed by atoms with Crippen LogP contribution < -0.4 is 20.5 Å². The molecule has 3 N–H and O–H groups in total. The molecule has 168 valence electrons. The molecule has 0 saturated heterocycles. The van der Waals surface area contributed by atoms with Gasteiger partial charge < -0.3 is 25.1 Å². The van der Waals surface area contributed by atoms with Crippen LogP contribution in [0.15, 0.2) is 12.1 Å². The Morgan fingerprint density at radius 2 is 1.87 bits per heavy atom. The lowest BCUT2D eigenvalue weighted by atomic mass is 10.0. The van der Waals surface area contributed by atoms with Crippen LogP contribution in [0.5, 0.6) is 11.5 Å². The summed E-state index contributed by atoms with van der Waals surface area (Å²) in [6, 6.07) is 4.34. The maximum absolute atomic E-state index is 13.8. The van der Waals surface area contributed by atoms with E-state index in [4.69, 9.17) is 15.2 Å². The van der Waals surface area contributed by atoms with E-state index in [0.717, 1.165) is 41.4 Å². The number of benzene rings is 1. The summed E-state index contributed by atoms with van der Waals surface area (Å²) >= 11 is 0. The van der Waals surface area contributed by atoms with E-state index in [1.165, 1.54) is 0 Å². The molecule has 1 aromatic carbocycles. The Morgan fingerprint density at radius 1 is 1.16 bits per heavy atom. The molecular weight excluding hydrogens is 399 g/mol. The lowest BCUT2D eigenvalue weighted by Crippen LogP contribution is -2.24. The highest BCUT2D eigenvalue weighted by Crippen LogP contribution is 2.35. The van der Waals surface area contributed by atoms with Gasteiger partial charge in [0.05, 0.1) is 0 Å². The van der Waals surface area contributed by atoms with E-state index in [1.807, 2.05) is 37.5 Å². The number of nitrogens with one attached hydrogen (secondary N) is 1. The largest absolute Gasteiger partial charge is 0.454 e. The molecule has 0 radical (unpaired) electrons. The highest BCUT2D eigenvalue weighted by Gasteiger charge is 2.20. The summed E-state index contributed by atoms with van der Waals surface area (Å²) in [5, 5.41) is 3.39. The van der Waals surface area contributed by atoms with E-state index in [2.05, 4.69) is 34.1 Å². The lowest BCUT2D eigenvalue weighted by molar-refractivity contribution is 0.174. The summed E-state index contributed by atoms with van der Waals surface area (Å²) in [6.07, 6.45) is 0.544. The zero-order chi connectivity index (χ0) is 22.5. The van der Waals surface area contributed by atoms with E-state index in [1.54, 1.807) is 0 Å². The fourth-order valence-electron chi connectivity index (χ4n) is 3.48. The first-order chi connectivity index (χ1) is 14.9. The van der Waals surface area contributed by atoms with Crippen LogP contribution >= 0.6 is 0 Å². The molecule has 0 atom stereocenters. The minimum atomic E-state index is -0.845. The number of ether oxygens (including phenoxy) is 2. The predicted molar refractivity (Wildman–Crippen MR) is 119 cm³/mol. The number of hydrogen-bond donors (Lipinski definition) is 2. The predicted octanol–water partition coefficient (Wildman–Crippen LogP) is 3.59. The first-order valence-electron chi connectivity index (χ1n) is 10.7. The third kappa shape index (κ3) is 5.04. The normalized spacial score (nSPS) is 12.4. The number of imidazole rings is 1. The van der Waals surface area contributed by atoms with Crippen LogP contribution in [-0.2, 0) is 13.0 Å². The van der Waals surface area contributed by atoms with Crippen LogP contribution in [0.2, 0.25) is 0 Å². The summed E-state index contributed by atoms with van der Waals surface area (Å²) in [5.74, 6) is 2.28. The molecule has 0 bridgehead atoms. The van der Waals surface area contributed by atoms with Gasteiger partial charge in [0.2, 0.25) is 6.79 Å². The molecule has 1 aliphatic heterocycles. The number of fused-ring (bicyclic) bond motifs is 2. The monoisotopic (exact) mass is 430 g/mol. The first-order valence-corrected chi connectivity index (χ1v) is 10.7. The van der Waals surface area contributed by atoms with E-state index < -0.39 is 6.08 Å². The maximum Gasteiger partial charge on any atom is 0.312 e. The molecule has 0 aliphatic carbocycles. The number of aromatic nitrogens is 4.